The third-order valence-electron chi connectivity index (χ3n) is 4.56. The van der Waals surface area contributed by atoms with Gasteiger partial charge in [0.05, 0.1) is 19.3 Å². The zero-order valence-corrected chi connectivity index (χ0v) is 15.9. The molecule has 0 atom stereocenters. The van der Waals surface area contributed by atoms with Crippen molar-refractivity contribution in [3.63, 3.8) is 0 Å². The summed E-state index contributed by atoms with van der Waals surface area (Å²) in [6.45, 7) is 6.83. The van der Waals surface area contributed by atoms with Crippen LogP contribution in [0.2, 0.25) is 0 Å². The van der Waals surface area contributed by atoms with Crippen molar-refractivity contribution in [2.24, 2.45) is 4.99 Å². The number of para-hydroxylation sites is 2. The molecule has 7 heteroatoms. The van der Waals surface area contributed by atoms with Crippen LogP contribution in [0.25, 0.3) is 0 Å². The van der Waals surface area contributed by atoms with E-state index in [1.165, 1.54) is 0 Å². The lowest BCUT2D eigenvalue weighted by atomic mass is 10.2. The number of pyridine rings is 1. The number of nitrogens with one attached hydrogen (secondary N) is 1. The molecule has 1 saturated heterocycles. The Hall–Kier alpha value is -2.96. The Balaban J connectivity index is 1.64. The smallest absolute Gasteiger partial charge is 0.213 e. The minimum atomic E-state index is 0.332. The minimum Gasteiger partial charge on any atom is -0.506 e. The van der Waals surface area contributed by atoms with Gasteiger partial charge in [-0.05, 0) is 30.7 Å². The first kappa shape index (κ1) is 18.8. The number of ether oxygens (including phenoxy) is 1. The standard InChI is InChI=1S/C20H27N5O2/c1-3-21-20(23-15-16-8-9-22-19(14-16)27-2)25-12-10-24(11-13-25)17-6-4-5-7-18(17)26/h4-9,14,26H,3,10-13,15H2,1-2H3,(H,21,23). The molecule has 0 aliphatic carbocycles. The number of aromatic hydroxyl groups is 1. The van der Waals surface area contributed by atoms with E-state index in [0.29, 0.717) is 18.2 Å². The summed E-state index contributed by atoms with van der Waals surface area (Å²) < 4.78 is 5.18. The minimum absolute atomic E-state index is 0.332. The van der Waals surface area contributed by atoms with Crippen LogP contribution >= 0.6 is 0 Å². The number of methoxy groups -OCH3 is 1. The fourth-order valence-corrected chi connectivity index (χ4v) is 3.14. The van der Waals surface area contributed by atoms with Crippen molar-refractivity contribution < 1.29 is 9.84 Å². The number of nitrogens with zero attached hydrogens (tertiary/aromatic N) is 4. The second-order valence-corrected chi connectivity index (χ2v) is 6.34. The molecular weight excluding hydrogens is 342 g/mol. The van der Waals surface area contributed by atoms with Gasteiger partial charge in [0.1, 0.15) is 5.75 Å². The molecule has 0 amide bonds. The third kappa shape index (κ3) is 4.81. The molecule has 1 aliphatic heterocycles. The van der Waals surface area contributed by atoms with Gasteiger partial charge in [-0.1, -0.05) is 12.1 Å². The van der Waals surface area contributed by atoms with Crippen molar-refractivity contribution in [3.8, 4) is 11.6 Å². The van der Waals surface area contributed by atoms with E-state index in [2.05, 4.69) is 27.0 Å². The lowest BCUT2D eigenvalue weighted by Crippen LogP contribution is -2.52. The van der Waals surface area contributed by atoms with Gasteiger partial charge in [0.2, 0.25) is 5.88 Å². The van der Waals surface area contributed by atoms with E-state index in [0.717, 1.165) is 49.9 Å². The Bertz CT molecular complexity index is 772. The van der Waals surface area contributed by atoms with E-state index in [-0.39, 0.29) is 0 Å². The van der Waals surface area contributed by atoms with Crippen molar-refractivity contribution in [2.45, 2.75) is 13.5 Å². The van der Waals surface area contributed by atoms with Crippen molar-refractivity contribution >= 4 is 11.6 Å². The van der Waals surface area contributed by atoms with E-state index in [1.54, 1.807) is 19.4 Å². The molecule has 0 spiro atoms. The molecule has 0 radical (unpaired) electrons. The largest absolute Gasteiger partial charge is 0.506 e. The quantitative estimate of drug-likeness (QED) is 0.621. The highest BCUT2D eigenvalue weighted by atomic mass is 16.5. The summed E-state index contributed by atoms with van der Waals surface area (Å²) in [5.41, 5.74) is 1.95. The number of guanidine groups is 1. The monoisotopic (exact) mass is 369 g/mol. The van der Waals surface area contributed by atoms with Gasteiger partial charge in [-0.15, -0.1) is 0 Å². The van der Waals surface area contributed by atoms with Gasteiger partial charge in [0.15, 0.2) is 5.96 Å². The summed E-state index contributed by atoms with van der Waals surface area (Å²) in [6, 6.07) is 11.3. The van der Waals surface area contributed by atoms with Crippen LogP contribution in [0, 0.1) is 0 Å². The molecule has 1 aromatic heterocycles. The average Bonchev–Trinajstić information content (AvgIpc) is 2.72. The Labute approximate surface area is 160 Å². The van der Waals surface area contributed by atoms with Crippen molar-refractivity contribution in [1.82, 2.24) is 15.2 Å². The molecule has 0 bridgehead atoms. The van der Waals surface area contributed by atoms with E-state index in [9.17, 15) is 5.11 Å². The summed E-state index contributed by atoms with van der Waals surface area (Å²) in [5.74, 6) is 1.84. The van der Waals surface area contributed by atoms with Crippen LogP contribution in [0.4, 0.5) is 5.69 Å². The average molecular weight is 369 g/mol. The second-order valence-electron chi connectivity index (χ2n) is 6.34. The third-order valence-corrected chi connectivity index (χ3v) is 4.56. The normalized spacial score (nSPS) is 15.0. The van der Waals surface area contributed by atoms with Crippen LogP contribution in [0.15, 0.2) is 47.6 Å². The predicted molar refractivity (Wildman–Crippen MR) is 107 cm³/mol. The fraction of sp³-hybridized carbons (Fsp3) is 0.400. The number of phenolic OH excluding ortho intramolecular Hbond substituents is 1. The van der Waals surface area contributed by atoms with Gasteiger partial charge in [0, 0.05) is 45.0 Å². The molecule has 2 heterocycles. The highest BCUT2D eigenvalue weighted by molar-refractivity contribution is 5.80. The van der Waals surface area contributed by atoms with Gasteiger partial charge < -0.3 is 25.0 Å². The van der Waals surface area contributed by atoms with Crippen LogP contribution < -0.4 is 15.0 Å². The maximum absolute atomic E-state index is 10.1. The van der Waals surface area contributed by atoms with Gasteiger partial charge >= 0.3 is 0 Å². The number of anilines is 1. The number of aromatic nitrogens is 1. The maximum atomic E-state index is 10.1. The number of piperazine rings is 1. The number of benzene rings is 1. The molecule has 144 valence electrons. The first-order valence-corrected chi connectivity index (χ1v) is 9.26. The van der Waals surface area contributed by atoms with Crippen molar-refractivity contribution in [3.05, 3.63) is 48.2 Å². The number of rotatable bonds is 5. The maximum Gasteiger partial charge on any atom is 0.213 e. The number of hydrogen-bond donors (Lipinski definition) is 2. The Morgan fingerprint density at radius 2 is 2.00 bits per heavy atom. The summed E-state index contributed by atoms with van der Waals surface area (Å²) in [6.07, 6.45) is 1.74. The molecule has 1 aromatic carbocycles. The van der Waals surface area contributed by atoms with Crippen LogP contribution in [0.1, 0.15) is 12.5 Å². The number of aliphatic imine (C=N–C) groups is 1. The molecule has 27 heavy (non-hydrogen) atoms. The van der Waals surface area contributed by atoms with Gasteiger partial charge in [-0.2, -0.15) is 0 Å². The summed E-state index contributed by atoms with van der Waals surface area (Å²) >= 11 is 0. The summed E-state index contributed by atoms with van der Waals surface area (Å²) in [5, 5.41) is 13.4. The summed E-state index contributed by atoms with van der Waals surface area (Å²) in [4.78, 5) is 13.4. The SMILES string of the molecule is CCNC(=NCc1ccnc(OC)c1)N1CCN(c2ccccc2O)CC1. The van der Waals surface area contributed by atoms with Crippen LogP contribution in [0.5, 0.6) is 11.6 Å². The van der Waals surface area contributed by atoms with Gasteiger partial charge in [-0.25, -0.2) is 9.98 Å². The molecule has 3 rings (SSSR count). The van der Waals surface area contributed by atoms with E-state index in [1.807, 2.05) is 30.3 Å². The topological polar surface area (TPSA) is 73.2 Å². The van der Waals surface area contributed by atoms with Gasteiger partial charge in [0.25, 0.3) is 0 Å². The Morgan fingerprint density at radius 1 is 1.22 bits per heavy atom. The highest BCUT2D eigenvalue weighted by Crippen LogP contribution is 2.27. The second kappa shape index (κ2) is 9.12. The molecule has 0 unspecified atom stereocenters. The van der Waals surface area contributed by atoms with Crippen molar-refractivity contribution in [1.29, 1.82) is 0 Å². The Kier molecular flexibility index (Phi) is 6.35. The van der Waals surface area contributed by atoms with E-state index >= 15 is 0 Å². The highest BCUT2D eigenvalue weighted by Gasteiger charge is 2.21. The van der Waals surface area contributed by atoms with Crippen LogP contribution in [-0.4, -0.2) is 60.8 Å². The molecular formula is C20H27N5O2. The lowest BCUT2D eigenvalue weighted by Gasteiger charge is -2.37. The zero-order valence-electron chi connectivity index (χ0n) is 15.9. The van der Waals surface area contributed by atoms with Gasteiger partial charge in [-0.3, -0.25) is 0 Å². The Morgan fingerprint density at radius 3 is 2.70 bits per heavy atom. The first-order valence-electron chi connectivity index (χ1n) is 9.26. The molecule has 0 saturated carbocycles. The summed E-state index contributed by atoms with van der Waals surface area (Å²) in [7, 11) is 1.61. The molecule has 7 nitrogen and oxygen atoms in total. The number of phenols is 1. The molecule has 1 fully saturated rings. The lowest BCUT2D eigenvalue weighted by molar-refractivity contribution is 0.369. The van der Waals surface area contributed by atoms with Crippen LogP contribution in [0.3, 0.4) is 0 Å². The molecule has 2 aromatic rings. The fourth-order valence-electron chi connectivity index (χ4n) is 3.14. The van der Waals surface area contributed by atoms with Crippen LogP contribution in [-0.2, 0) is 6.54 Å². The van der Waals surface area contributed by atoms with Crippen molar-refractivity contribution in [2.75, 3.05) is 44.7 Å². The van der Waals surface area contributed by atoms with E-state index < -0.39 is 0 Å². The zero-order chi connectivity index (χ0) is 19.1. The molecule has 2 N–H and O–H groups in total. The number of hydrogen-bond acceptors (Lipinski definition) is 5. The first-order chi connectivity index (χ1) is 13.2. The molecule has 1 aliphatic rings. The predicted octanol–water partition coefficient (Wildman–Crippen LogP) is 2.08. The van der Waals surface area contributed by atoms with E-state index in [4.69, 9.17) is 9.73 Å².